The smallest absolute Gasteiger partial charge is 0.311 e. The van der Waals surface area contributed by atoms with E-state index in [4.69, 9.17) is 4.42 Å². The summed E-state index contributed by atoms with van der Waals surface area (Å²) in [7, 11) is 0. The van der Waals surface area contributed by atoms with E-state index in [1.807, 2.05) is 11.0 Å². The van der Waals surface area contributed by atoms with Crippen molar-refractivity contribution in [3.63, 3.8) is 0 Å². The van der Waals surface area contributed by atoms with Crippen molar-refractivity contribution in [2.24, 2.45) is 5.41 Å². The number of anilines is 1. The average Bonchev–Trinajstić information content (AvgIpc) is 3.12. The Kier molecular flexibility index (Phi) is 4.11. The molecule has 1 fully saturated rings. The zero-order chi connectivity index (χ0) is 18.1. The molecule has 134 valence electrons. The molecule has 3 heterocycles. The van der Waals surface area contributed by atoms with Crippen LogP contribution in [0, 0.1) is 11.2 Å². The summed E-state index contributed by atoms with van der Waals surface area (Å²) in [6.45, 7) is 0.998. The SMILES string of the molecule is O=C(O)C1(Cc2ccccc2F)CCCN(c2nccc3occc23)C1. The molecule has 2 aromatic heterocycles. The van der Waals surface area contributed by atoms with E-state index in [2.05, 4.69) is 4.98 Å². The van der Waals surface area contributed by atoms with Gasteiger partial charge in [-0.05, 0) is 43.0 Å². The molecule has 1 aliphatic rings. The van der Waals surface area contributed by atoms with Crippen LogP contribution in [0.15, 0.2) is 53.3 Å². The molecule has 0 amide bonds. The van der Waals surface area contributed by atoms with Crippen LogP contribution in [0.5, 0.6) is 0 Å². The summed E-state index contributed by atoms with van der Waals surface area (Å²) >= 11 is 0. The lowest BCUT2D eigenvalue weighted by Gasteiger charge is -2.40. The maximum Gasteiger partial charge on any atom is 0.311 e. The molecule has 1 atom stereocenters. The minimum absolute atomic E-state index is 0.160. The normalized spacial score (nSPS) is 20.4. The fourth-order valence-electron chi connectivity index (χ4n) is 3.85. The van der Waals surface area contributed by atoms with Crippen LogP contribution in [-0.4, -0.2) is 29.1 Å². The highest BCUT2D eigenvalue weighted by atomic mass is 19.1. The van der Waals surface area contributed by atoms with Crippen LogP contribution < -0.4 is 4.90 Å². The van der Waals surface area contributed by atoms with Crippen LogP contribution in [0.4, 0.5) is 10.2 Å². The van der Waals surface area contributed by atoms with E-state index in [9.17, 15) is 14.3 Å². The Balaban J connectivity index is 1.69. The van der Waals surface area contributed by atoms with Crippen LogP contribution >= 0.6 is 0 Å². The van der Waals surface area contributed by atoms with E-state index in [1.165, 1.54) is 6.07 Å². The highest BCUT2D eigenvalue weighted by molar-refractivity contribution is 5.89. The van der Waals surface area contributed by atoms with Crippen molar-refractivity contribution in [2.45, 2.75) is 19.3 Å². The van der Waals surface area contributed by atoms with Crippen LogP contribution in [-0.2, 0) is 11.2 Å². The van der Waals surface area contributed by atoms with Gasteiger partial charge in [0.15, 0.2) is 0 Å². The zero-order valence-electron chi connectivity index (χ0n) is 14.2. The molecular formula is C20H19FN2O3. The number of carboxylic acid groups (broad SMARTS) is 1. The van der Waals surface area contributed by atoms with Gasteiger partial charge in [0.25, 0.3) is 0 Å². The molecule has 6 heteroatoms. The van der Waals surface area contributed by atoms with Crippen molar-refractivity contribution < 1.29 is 18.7 Å². The second-order valence-electron chi connectivity index (χ2n) is 6.85. The number of pyridine rings is 1. The number of carbonyl (C=O) groups is 1. The van der Waals surface area contributed by atoms with Gasteiger partial charge in [-0.25, -0.2) is 9.37 Å². The average molecular weight is 354 g/mol. The fraction of sp³-hybridized carbons (Fsp3) is 0.300. The third-order valence-electron chi connectivity index (χ3n) is 5.18. The predicted molar refractivity (Wildman–Crippen MR) is 95.6 cm³/mol. The minimum Gasteiger partial charge on any atom is -0.481 e. The third kappa shape index (κ3) is 2.81. The Hall–Kier alpha value is -2.89. The monoisotopic (exact) mass is 354 g/mol. The summed E-state index contributed by atoms with van der Waals surface area (Å²) in [5.41, 5.74) is 0.107. The van der Waals surface area contributed by atoms with Gasteiger partial charge in [-0.1, -0.05) is 18.2 Å². The van der Waals surface area contributed by atoms with E-state index >= 15 is 0 Å². The number of furan rings is 1. The summed E-state index contributed by atoms with van der Waals surface area (Å²) in [6, 6.07) is 10.0. The first-order chi connectivity index (χ1) is 12.6. The molecule has 1 unspecified atom stereocenters. The van der Waals surface area contributed by atoms with Gasteiger partial charge >= 0.3 is 5.97 Å². The van der Waals surface area contributed by atoms with Crippen molar-refractivity contribution in [1.29, 1.82) is 0 Å². The van der Waals surface area contributed by atoms with Crippen molar-refractivity contribution in [3.05, 3.63) is 60.2 Å². The van der Waals surface area contributed by atoms with Gasteiger partial charge in [0.1, 0.15) is 17.2 Å². The molecule has 26 heavy (non-hydrogen) atoms. The van der Waals surface area contributed by atoms with Crippen molar-refractivity contribution in [1.82, 2.24) is 4.98 Å². The van der Waals surface area contributed by atoms with E-state index < -0.39 is 11.4 Å². The predicted octanol–water partition coefficient (Wildman–Crippen LogP) is 3.88. The molecule has 0 aliphatic carbocycles. The van der Waals surface area contributed by atoms with Gasteiger partial charge < -0.3 is 14.4 Å². The molecule has 0 bridgehead atoms. The summed E-state index contributed by atoms with van der Waals surface area (Å²) < 4.78 is 19.6. The van der Waals surface area contributed by atoms with E-state index in [0.29, 0.717) is 24.9 Å². The molecule has 1 N–H and O–H groups in total. The van der Waals surface area contributed by atoms with E-state index in [-0.39, 0.29) is 18.8 Å². The zero-order valence-corrected chi connectivity index (χ0v) is 14.2. The van der Waals surface area contributed by atoms with E-state index in [1.54, 1.807) is 36.7 Å². The number of benzene rings is 1. The van der Waals surface area contributed by atoms with Crippen LogP contribution in [0.3, 0.4) is 0 Å². The molecule has 1 aromatic carbocycles. The van der Waals surface area contributed by atoms with Gasteiger partial charge in [0, 0.05) is 19.3 Å². The molecule has 1 aliphatic heterocycles. The standard InChI is InChI=1S/C20H19FN2O3/c21-16-5-2-1-4-14(16)12-20(19(24)25)8-3-10-23(13-20)18-15-7-11-26-17(15)6-9-22-18/h1-2,4-7,9,11H,3,8,10,12-13H2,(H,24,25). The Labute approximate surface area is 150 Å². The summed E-state index contributed by atoms with van der Waals surface area (Å²) in [5, 5.41) is 10.9. The number of fused-ring (bicyclic) bond motifs is 1. The summed E-state index contributed by atoms with van der Waals surface area (Å²) in [4.78, 5) is 18.6. The lowest BCUT2D eigenvalue weighted by Crippen LogP contribution is -2.49. The highest BCUT2D eigenvalue weighted by Crippen LogP contribution is 2.38. The Morgan fingerprint density at radius 2 is 2.15 bits per heavy atom. The Morgan fingerprint density at radius 3 is 2.96 bits per heavy atom. The second-order valence-corrected chi connectivity index (χ2v) is 6.85. The lowest BCUT2D eigenvalue weighted by atomic mass is 9.75. The maximum atomic E-state index is 14.1. The van der Waals surface area contributed by atoms with Crippen LogP contribution in [0.1, 0.15) is 18.4 Å². The van der Waals surface area contributed by atoms with Crippen LogP contribution in [0.25, 0.3) is 11.0 Å². The molecule has 1 saturated heterocycles. The van der Waals surface area contributed by atoms with Gasteiger partial charge in [-0.3, -0.25) is 4.79 Å². The number of nitrogens with zero attached hydrogens (tertiary/aromatic N) is 2. The summed E-state index contributed by atoms with van der Waals surface area (Å²) in [6.07, 6.45) is 4.64. The van der Waals surface area contributed by atoms with Gasteiger partial charge in [0.05, 0.1) is 17.1 Å². The summed E-state index contributed by atoms with van der Waals surface area (Å²) in [5.74, 6) is -0.541. The van der Waals surface area contributed by atoms with Crippen molar-refractivity contribution >= 4 is 22.8 Å². The van der Waals surface area contributed by atoms with Gasteiger partial charge in [-0.15, -0.1) is 0 Å². The minimum atomic E-state index is -1.05. The number of halogens is 1. The maximum absolute atomic E-state index is 14.1. The van der Waals surface area contributed by atoms with Crippen molar-refractivity contribution in [2.75, 3.05) is 18.0 Å². The largest absolute Gasteiger partial charge is 0.481 e. The molecular weight excluding hydrogens is 335 g/mol. The van der Waals surface area contributed by atoms with Crippen molar-refractivity contribution in [3.8, 4) is 0 Å². The fourth-order valence-corrected chi connectivity index (χ4v) is 3.85. The van der Waals surface area contributed by atoms with Crippen LogP contribution in [0.2, 0.25) is 0 Å². The number of rotatable bonds is 4. The second kappa shape index (κ2) is 6.44. The molecule has 4 rings (SSSR count). The Morgan fingerprint density at radius 1 is 1.31 bits per heavy atom. The molecule has 5 nitrogen and oxygen atoms in total. The Bertz CT molecular complexity index is 955. The van der Waals surface area contributed by atoms with Gasteiger partial charge in [-0.2, -0.15) is 0 Å². The first kappa shape index (κ1) is 16.6. The molecule has 3 aromatic rings. The number of aliphatic carboxylic acids is 1. The molecule has 0 spiro atoms. The number of carboxylic acids is 1. The third-order valence-corrected chi connectivity index (χ3v) is 5.18. The van der Waals surface area contributed by atoms with E-state index in [0.717, 1.165) is 16.8 Å². The van der Waals surface area contributed by atoms with Gasteiger partial charge in [0.2, 0.25) is 0 Å². The number of aromatic nitrogens is 1. The quantitative estimate of drug-likeness (QED) is 0.770. The number of hydrogen-bond donors (Lipinski definition) is 1. The number of hydrogen-bond acceptors (Lipinski definition) is 4. The highest BCUT2D eigenvalue weighted by Gasteiger charge is 2.43. The molecule has 0 radical (unpaired) electrons. The first-order valence-electron chi connectivity index (χ1n) is 8.63. The topological polar surface area (TPSA) is 66.6 Å². The lowest BCUT2D eigenvalue weighted by molar-refractivity contribution is -0.149. The number of piperidine rings is 1. The molecule has 0 saturated carbocycles. The first-order valence-corrected chi connectivity index (χ1v) is 8.63.